The van der Waals surface area contributed by atoms with Crippen LogP contribution in [-0.4, -0.2) is 29.3 Å². The van der Waals surface area contributed by atoms with E-state index >= 15 is 0 Å². The molecule has 0 saturated heterocycles. The van der Waals surface area contributed by atoms with Gasteiger partial charge in [-0.1, -0.05) is 37.3 Å². The topological polar surface area (TPSA) is 105 Å². The van der Waals surface area contributed by atoms with E-state index in [4.69, 9.17) is 15.6 Å². The second kappa shape index (κ2) is 11.1. The quantitative estimate of drug-likeness (QED) is 0.372. The molecule has 2 rings (SSSR count). The number of carbonyl (C=O) groups excluding carboxylic acids is 1. The van der Waals surface area contributed by atoms with Gasteiger partial charge in [-0.3, -0.25) is 4.79 Å². The number of anilines is 2. The van der Waals surface area contributed by atoms with Gasteiger partial charge in [-0.25, -0.2) is 0 Å². The molecule has 6 heteroatoms. The lowest BCUT2D eigenvalue weighted by Gasteiger charge is -2.19. The van der Waals surface area contributed by atoms with Crippen LogP contribution in [0.1, 0.15) is 31.4 Å². The molecule has 150 valence electrons. The summed E-state index contributed by atoms with van der Waals surface area (Å²) in [5.74, 6) is 0.389. The van der Waals surface area contributed by atoms with Gasteiger partial charge in [-0.2, -0.15) is 0 Å². The lowest BCUT2D eigenvalue weighted by atomic mass is 9.93. The molecule has 0 radical (unpaired) electrons. The highest BCUT2D eigenvalue weighted by Gasteiger charge is 2.16. The average Bonchev–Trinajstić information content (AvgIpc) is 2.71. The normalized spacial score (nSPS) is 13.2. The summed E-state index contributed by atoms with van der Waals surface area (Å²) in [6.45, 7) is 2.13. The fourth-order valence-corrected chi connectivity index (χ4v) is 2.77. The highest BCUT2D eigenvalue weighted by molar-refractivity contribution is 6.01. The maximum Gasteiger partial charge on any atom is 0.248 e. The van der Waals surface area contributed by atoms with Crippen LogP contribution in [0, 0.1) is 5.92 Å². The molecule has 2 atom stereocenters. The molecule has 6 nitrogen and oxygen atoms in total. The Morgan fingerprint density at radius 2 is 2.04 bits per heavy atom. The Morgan fingerprint density at radius 3 is 2.79 bits per heavy atom. The largest absolute Gasteiger partial charge is 0.491 e. The zero-order valence-corrected chi connectivity index (χ0v) is 16.0. The SMILES string of the molecule is C[C@@H](CC/C=C/C(=O)Nc1ccccc1N)[C@H](O)c1cccc(OCCO)c1. The van der Waals surface area contributed by atoms with Gasteiger partial charge in [0.25, 0.3) is 0 Å². The average molecular weight is 384 g/mol. The molecule has 0 aliphatic rings. The second-order valence-electron chi connectivity index (χ2n) is 6.62. The molecule has 2 aromatic rings. The van der Waals surface area contributed by atoms with E-state index in [1.165, 1.54) is 6.08 Å². The molecule has 28 heavy (non-hydrogen) atoms. The number of aliphatic hydroxyl groups is 2. The van der Waals surface area contributed by atoms with Crippen molar-refractivity contribution in [2.75, 3.05) is 24.3 Å². The molecule has 0 bridgehead atoms. The monoisotopic (exact) mass is 384 g/mol. The number of aliphatic hydroxyl groups excluding tert-OH is 2. The number of ether oxygens (including phenoxy) is 1. The number of rotatable bonds is 10. The van der Waals surface area contributed by atoms with Crippen molar-refractivity contribution in [1.29, 1.82) is 0 Å². The number of allylic oxidation sites excluding steroid dienone is 1. The van der Waals surface area contributed by atoms with Crippen LogP contribution in [0.2, 0.25) is 0 Å². The number of benzene rings is 2. The fraction of sp³-hybridized carbons (Fsp3) is 0.318. The van der Waals surface area contributed by atoms with Gasteiger partial charge in [0.1, 0.15) is 12.4 Å². The summed E-state index contributed by atoms with van der Waals surface area (Å²) in [6, 6.07) is 14.3. The van der Waals surface area contributed by atoms with Crippen LogP contribution in [0.15, 0.2) is 60.7 Å². The molecule has 0 aromatic heterocycles. The first kappa shape index (κ1) is 21.5. The van der Waals surface area contributed by atoms with Gasteiger partial charge in [0, 0.05) is 0 Å². The molecule has 0 spiro atoms. The van der Waals surface area contributed by atoms with E-state index in [1.807, 2.05) is 31.2 Å². The molecule has 0 fully saturated rings. The summed E-state index contributed by atoms with van der Waals surface area (Å²) >= 11 is 0. The first-order valence-electron chi connectivity index (χ1n) is 9.35. The van der Waals surface area contributed by atoms with Crippen LogP contribution in [0.5, 0.6) is 5.75 Å². The first-order valence-corrected chi connectivity index (χ1v) is 9.35. The molecule has 1 amide bonds. The summed E-state index contributed by atoms with van der Waals surface area (Å²) in [6.07, 6.45) is 4.02. The predicted octanol–water partition coefficient (Wildman–Crippen LogP) is 3.28. The number of nitrogens with one attached hydrogen (secondary N) is 1. The highest BCUT2D eigenvalue weighted by Crippen LogP contribution is 2.28. The molecular formula is C22H28N2O4. The van der Waals surface area contributed by atoms with Gasteiger partial charge >= 0.3 is 0 Å². The number of hydrogen-bond donors (Lipinski definition) is 4. The molecule has 0 aliphatic carbocycles. The number of carbonyl (C=O) groups is 1. The third kappa shape index (κ3) is 6.72. The van der Waals surface area contributed by atoms with Crippen molar-refractivity contribution in [2.24, 2.45) is 5.92 Å². The van der Waals surface area contributed by atoms with Gasteiger partial charge in [0.05, 0.1) is 24.1 Å². The van der Waals surface area contributed by atoms with Gasteiger partial charge in [-0.15, -0.1) is 0 Å². The smallest absolute Gasteiger partial charge is 0.248 e. The minimum atomic E-state index is -0.635. The Bertz CT molecular complexity index is 792. The summed E-state index contributed by atoms with van der Waals surface area (Å²) < 4.78 is 5.38. The van der Waals surface area contributed by atoms with E-state index in [9.17, 15) is 9.90 Å². The lowest BCUT2D eigenvalue weighted by Crippen LogP contribution is -2.10. The number of hydrogen-bond acceptors (Lipinski definition) is 5. The van der Waals surface area contributed by atoms with Crippen molar-refractivity contribution in [1.82, 2.24) is 0 Å². The Kier molecular flexibility index (Phi) is 8.52. The lowest BCUT2D eigenvalue weighted by molar-refractivity contribution is -0.111. The van der Waals surface area contributed by atoms with Crippen molar-refractivity contribution < 1.29 is 19.7 Å². The molecule has 0 heterocycles. The zero-order chi connectivity index (χ0) is 20.4. The van der Waals surface area contributed by atoms with E-state index < -0.39 is 6.10 Å². The number of nitrogens with two attached hydrogens (primary N) is 1. The van der Waals surface area contributed by atoms with Crippen LogP contribution in [0.4, 0.5) is 11.4 Å². The van der Waals surface area contributed by atoms with E-state index in [1.54, 1.807) is 30.3 Å². The molecule has 5 N–H and O–H groups in total. The summed E-state index contributed by atoms with van der Waals surface area (Å²) in [5.41, 5.74) is 7.68. The Hall–Kier alpha value is -2.83. The standard InChI is InChI=1S/C22H28N2O4/c1-16(22(27)17-8-6-9-18(15-17)28-14-13-25)7-2-5-12-21(26)24-20-11-4-3-10-19(20)23/h3-6,8-12,15-16,22,25,27H,2,7,13-14,23H2,1H3,(H,24,26)/b12-5+/t16-,22-/m0/s1. The van der Waals surface area contributed by atoms with Crippen LogP contribution >= 0.6 is 0 Å². The van der Waals surface area contributed by atoms with E-state index in [0.717, 1.165) is 12.0 Å². The predicted molar refractivity (Wildman–Crippen MR) is 111 cm³/mol. The van der Waals surface area contributed by atoms with E-state index in [2.05, 4.69) is 5.32 Å². The van der Waals surface area contributed by atoms with Gasteiger partial charge in [0.15, 0.2) is 0 Å². The van der Waals surface area contributed by atoms with Crippen LogP contribution in [-0.2, 0) is 4.79 Å². The van der Waals surface area contributed by atoms with Crippen molar-refractivity contribution in [2.45, 2.75) is 25.9 Å². The summed E-state index contributed by atoms with van der Waals surface area (Å²) in [4.78, 5) is 12.0. The third-order valence-electron chi connectivity index (χ3n) is 4.38. The van der Waals surface area contributed by atoms with Gasteiger partial charge in [-0.05, 0) is 54.7 Å². The molecule has 0 aliphatic heterocycles. The number of para-hydroxylation sites is 2. The summed E-state index contributed by atoms with van der Waals surface area (Å²) in [5, 5.41) is 22.1. The minimum absolute atomic E-state index is 0.00516. The van der Waals surface area contributed by atoms with Crippen molar-refractivity contribution in [3.05, 3.63) is 66.2 Å². The second-order valence-corrected chi connectivity index (χ2v) is 6.62. The minimum Gasteiger partial charge on any atom is -0.491 e. The van der Waals surface area contributed by atoms with Crippen molar-refractivity contribution in [3.8, 4) is 5.75 Å². The van der Waals surface area contributed by atoms with Crippen molar-refractivity contribution in [3.63, 3.8) is 0 Å². The Morgan fingerprint density at radius 1 is 1.25 bits per heavy atom. The molecule has 2 aromatic carbocycles. The number of amides is 1. The van der Waals surface area contributed by atoms with Crippen LogP contribution in [0.25, 0.3) is 0 Å². The molecule has 0 unspecified atom stereocenters. The fourth-order valence-electron chi connectivity index (χ4n) is 2.77. The maximum absolute atomic E-state index is 12.0. The van der Waals surface area contributed by atoms with E-state index in [-0.39, 0.29) is 25.0 Å². The van der Waals surface area contributed by atoms with Gasteiger partial charge < -0.3 is 26.0 Å². The Balaban J connectivity index is 1.81. The third-order valence-corrected chi connectivity index (χ3v) is 4.38. The highest BCUT2D eigenvalue weighted by atomic mass is 16.5. The number of nitrogen functional groups attached to an aromatic ring is 1. The molecule has 0 saturated carbocycles. The Labute approximate surface area is 165 Å². The first-order chi connectivity index (χ1) is 13.5. The maximum atomic E-state index is 12.0. The molecular weight excluding hydrogens is 356 g/mol. The van der Waals surface area contributed by atoms with Crippen LogP contribution in [0.3, 0.4) is 0 Å². The van der Waals surface area contributed by atoms with Crippen LogP contribution < -0.4 is 15.8 Å². The van der Waals surface area contributed by atoms with Gasteiger partial charge in [0.2, 0.25) is 5.91 Å². The summed E-state index contributed by atoms with van der Waals surface area (Å²) in [7, 11) is 0. The van der Waals surface area contributed by atoms with Crippen molar-refractivity contribution >= 4 is 17.3 Å². The van der Waals surface area contributed by atoms with E-state index in [0.29, 0.717) is 23.5 Å². The zero-order valence-electron chi connectivity index (χ0n) is 16.0.